The number of nitrogens with two attached hydrogens (primary N) is 1. The van der Waals surface area contributed by atoms with Gasteiger partial charge in [0.15, 0.2) is 5.82 Å². The molecule has 4 nitrogen and oxygen atoms in total. The second-order valence-electron chi connectivity index (χ2n) is 5.29. The van der Waals surface area contributed by atoms with E-state index in [1.165, 1.54) is 5.56 Å². The Morgan fingerprint density at radius 1 is 1.21 bits per heavy atom. The molecule has 4 heteroatoms. The van der Waals surface area contributed by atoms with Gasteiger partial charge in [-0.15, -0.1) is 0 Å². The first-order valence-electron chi connectivity index (χ1n) is 7.09. The standard InChI is InChI=1S/C15H27N3O/c1-7-15(6,19-8-2)14-17-11(4)13(10(3)9-16)12(5)18-14/h10H,7-9,16H2,1-6H3. The summed E-state index contributed by atoms with van der Waals surface area (Å²) in [4.78, 5) is 9.35. The summed E-state index contributed by atoms with van der Waals surface area (Å²) in [6.45, 7) is 13.6. The molecule has 2 atom stereocenters. The predicted molar refractivity (Wildman–Crippen MR) is 78.2 cm³/mol. The molecule has 0 saturated heterocycles. The molecule has 19 heavy (non-hydrogen) atoms. The van der Waals surface area contributed by atoms with Gasteiger partial charge in [-0.1, -0.05) is 13.8 Å². The Morgan fingerprint density at radius 2 is 1.74 bits per heavy atom. The van der Waals surface area contributed by atoms with Gasteiger partial charge in [0.05, 0.1) is 0 Å². The zero-order valence-electron chi connectivity index (χ0n) is 13.1. The predicted octanol–water partition coefficient (Wildman–Crippen LogP) is 2.82. The first-order valence-corrected chi connectivity index (χ1v) is 7.09. The maximum atomic E-state index is 5.85. The number of nitrogens with zero attached hydrogens (tertiary/aromatic N) is 2. The van der Waals surface area contributed by atoms with E-state index in [2.05, 4.69) is 30.7 Å². The molecule has 0 aliphatic rings. The van der Waals surface area contributed by atoms with Crippen LogP contribution in [0.5, 0.6) is 0 Å². The minimum absolute atomic E-state index is 0.286. The summed E-state index contributed by atoms with van der Waals surface area (Å²) in [6.07, 6.45) is 0.853. The van der Waals surface area contributed by atoms with Crippen LogP contribution in [0, 0.1) is 13.8 Å². The molecule has 0 aliphatic heterocycles. The van der Waals surface area contributed by atoms with Gasteiger partial charge in [0, 0.05) is 18.0 Å². The van der Waals surface area contributed by atoms with Gasteiger partial charge in [-0.2, -0.15) is 0 Å². The van der Waals surface area contributed by atoms with Crippen molar-refractivity contribution in [1.82, 2.24) is 9.97 Å². The van der Waals surface area contributed by atoms with Crippen molar-refractivity contribution in [1.29, 1.82) is 0 Å². The van der Waals surface area contributed by atoms with E-state index in [9.17, 15) is 0 Å². The minimum atomic E-state index is -0.408. The van der Waals surface area contributed by atoms with Crippen molar-refractivity contribution in [2.45, 2.75) is 59.5 Å². The zero-order chi connectivity index (χ0) is 14.6. The number of aromatic nitrogens is 2. The molecule has 1 heterocycles. The molecule has 2 unspecified atom stereocenters. The summed E-state index contributed by atoms with van der Waals surface area (Å²) in [5.41, 5.74) is 8.55. The second-order valence-corrected chi connectivity index (χ2v) is 5.29. The average Bonchev–Trinajstić information content (AvgIpc) is 2.37. The number of ether oxygens (including phenoxy) is 1. The van der Waals surface area contributed by atoms with Crippen molar-refractivity contribution < 1.29 is 4.74 Å². The van der Waals surface area contributed by atoms with Crippen LogP contribution >= 0.6 is 0 Å². The van der Waals surface area contributed by atoms with E-state index >= 15 is 0 Å². The van der Waals surface area contributed by atoms with Crippen LogP contribution in [0.4, 0.5) is 0 Å². The second kappa shape index (κ2) is 6.44. The van der Waals surface area contributed by atoms with Crippen LogP contribution < -0.4 is 5.73 Å². The van der Waals surface area contributed by atoms with Crippen molar-refractivity contribution in [2.75, 3.05) is 13.2 Å². The molecule has 0 amide bonds. The number of hydrogen-bond acceptors (Lipinski definition) is 4. The van der Waals surface area contributed by atoms with Crippen LogP contribution in [0.15, 0.2) is 0 Å². The van der Waals surface area contributed by atoms with E-state index in [1.807, 2.05) is 20.8 Å². The molecule has 1 aromatic heterocycles. The zero-order valence-corrected chi connectivity index (χ0v) is 13.1. The monoisotopic (exact) mass is 265 g/mol. The SMILES string of the molecule is CCOC(C)(CC)c1nc(C)c(C(C)CN)c(C)n1. The van der Waals surface area contributed by atoms with Gasteiger partial charge in [0.25, 0.3) is 0 Å². The largest absolute Gasteiger partial charge is 0.368 e. The summed E-state index contributed by atoms with van der Waals surface area (Å²) in [7, 11) is 0. The molecule has 108 valence electrons. The van der Waals surface area contributed by atoms with E-state index in [-0.39, 0.29) is 5.92 Å². The van der Waals surface area contributed by atoms with E-state index in [0.717, 1.165) is 23.6 Å². The summed E-state index contributed by atoms with van der Waals surface area (Å²) >= 11 is 0. The van der Waals surface area contributed by atoms with Gasteiger partial charge in [0.1, 0.15) is 5.60 Å². The first kappa shape index (κ1) is 16.1. The van der Waals surface area contributed by atoms with Crippen molar-refractivity contribution in [3.63, 3.8) is 0 Å². The van der Waals surface area contributed by atoms with Crippen molar-refractivity contribution in [3.8, 4) is 0 Å². The molecular weight excluding hydrogens is 238 g/mol. The molecule has 0 fully saturated rings. The van der Waals surface area contributed by atoms with E-state index in [1.54, 1.807) is 0 Å². The Bertz CT molecular complexity index is 410. The van der Waals surface area contributed by atoms with Gasteiger partial charge in [-0.25, -0.2) is 9.97 Å². The Balaban J connectivity index is 3.27. The van der Waals surface area contributed by atoms with E-state index in [4.69, 9.17) is 10.5 Å². The molecule has 0 aromatic carbocycles. The van der Waals surface area contributed by atoms with Gasteiger partial charge in [-0.05, 0) is 52.1 Å². The maximum absolute atomic E-state index is 5.85. The van der Waals surface area contributed by atoms with Crippen molar-refractivity contribution >= 4 is 0 Å². The summed E-state index contributed by atoms with van der Waals surface area (Å²) in [6, 6.07) is 0. The van der Waals surface area contributed by atoms with E-state index in [0.29, 0.717) is 13.2 Å². The van der Waals surface area contributed by atoms with Crippen LogP contribution in [0.2, 0.25) is 0 Å². The lowest BCUT2D eigenvalue weighted by atomic mass is 9.96. The number of rotatable bonds is 6. The van der Waals surface area contributed by atoms with Gasteiger partial charge < -0.3 is 10.5 Å². The Labute approximate surface area is 116 Å². The Hall–Kier alpha value is -1.00. The molecule has 0 aliphatic carbocycles. The molecule has 2 N–H and O–H groups in total. The molecule has 0 radical (unpaired) electrons. The fourth-order valence-corrected chi connectivity index (χ4v) is 2.44. The van der Waals surface area contributed by atoms with Crippen LogP contribution in [0.3, 0.4) is 0 Å². The minimum Gasteiger partial charge on any atom is -0.368 e. The Morgan fingerprint density at radius 3 is 2.11 bits per heavy atom. The molecule has 0 bridgehead atoms. The summed E-state index contributed by atoms with van der Waals surface area (Å²) in [5, 5.41) is 0. The highest BCUT2D eigenvalue weighted by Crippen LogP contribution is 2.29. The smallest absolute Gasteiger partial charge is 0.160 e. The normalized spacial score (nSPS) is 16.2. The fourth-order valence-electron chi connectivity index (χ4n) is 2.44. The topological polar surface area (TPSA) is 61.0 Å². The van der Waals surface area contributed by atoms with Gasteiger partial charge in [-0.3, -0.25) is 0 Å². The maximum Gasteiger partial charge on any atom is 0.160 e. The van der Waals surface area contributed by atoms with Crippen LogP contribution in [-0.2, 0) is 10.3 Å². The average molecular weight is 265 g/mol. The molecule has 1 aromatic rings. The molecule has 1 rings (SSSR count). The highest BCUT2D eigenvalue weighted by atomic mass is 16.5. The highest BCUT2D eigenvalue weighted by molar-refractivity contribution is 5.29. The van der Waals surface area contributed by atoms with Gasteiger partial charge in [0.2, 0.25) is 0 Å². The third kappa shape index (κ3) is 3.31. The van der Waals surface area contributed by atoms with Crippen LogP contribution in [0.1, 0.15) is 62.8 Å². The summed E-state index contributed by atoms with van der Waals surface area (Å²) < 4.78 is 5.85. The first-order chi connectivity index (χ1) is 8.89. The lowest BCUT2D eigenvalue weighted by Crippen LogP contribution is -2.29. The fraction of sp³-hybridized carbons (Fsp3) is 0.733. The summed E-state index contributed by atoms with van der Waals surface area (Å²) in [5.74, 6) is 1.06. The van der Waals surface area contributed by atoms with E-state index < -0.39 is 5.60 Å². The van der Waals surface area contributed by atoms with Crippen LogP contribution in [0.25, 0.3) is 0 Å². The van der Waals surface area contributed by atoms with Crippen LogP contribution in [-0.4, -0.2) is 23.1 Å². The lowest BCUT2D eigenvalue weighted by Gasteiger charge is -2.28. The third-order valence-corrected chi connectivity index (χ3v) is 3.78. The Kier molecular flexibility index (Phi) is 5.44. The van der Waals surface area contributed by atoms with Crippen molar-refractivity contribution in [3.05, 3.63) is 22.8 Å². The van der Waals surface area contributed by atoms with Gasteiger partial charge >= 0.3 is 0 Å². The third-order valence-electron chi connectivity index (χ3n) is 3.78. The highest BCUT2D eigenvalue weighted by Gasteiger charge is 2.29. The quantitative estimate of drug-likeness (QED) is 0.859. The molecular formula is C15H27N3O. The molecule has 0 saturated carbocycles. The van der Waals surface area contributed by atoms with Crippen molar-refractivity contribution in [2.24, 2.45) is 5.73 Å². The number of aryl methyl sites for hydroxylation is 2. The molecule has 0 spiro atoms. The lowest BCUT2D eigenvalue weighted by molar-refractivity contribution is -0.0393. The number of hydrogen-bond donors (Lipinski definition) is 1.